The van der Waals surface area contributed by atoms with Crippen LogP contribution in [0, 0.1) is 13.8 Å². The van der Waals surface area contributed by atoms with E-state index in [9.17, 15) is 13.2 Å². The lowest BCUT2D eigenvalue weighted by Gasteiger charge is -2.41. The zero-order chi connectivity index (χ0) is 26.7. The molecule has 2 aliphatic heterocycles. The second-order valence-electron chi connectivity index (χ2n) is 10.8. The van der Waals surface area contributed by atoms with Crippen LogP contribution in [-0.4, -0.2) is 94.4 Å². The summed E-state index contributed by atoms with van der Waals surface area (Å²) in [7, 11) is 1.58. The highest BCUT2D eigenvalue weighted by Gasteiger charge is 2.30. The number of carbonyl (C=O) groups is 1. The van der Waals surface area contributed by atoms with Crippen molar-refractivity contribution in [2.45, 2.75) is 62.9 Å². The molecule has 1 amide bonds. The SMILES string of the molecule is COc1cc(C)c(S(=O)(=O)N(C)CCC(=O)NC2C=CC3=C(CCN(C4CCCN(C)C4)C3)C2)c(C)c1. The number of nitrogens with one attached hydrogen (secondary N) is 1. The summed E-state index contributed by atoms with van der Waals surface area (Å²) in [5, 5.41) is 3.10. The predicted octanol–water partition coefficient (Wildman–Crippen LogP) is 2.86. The first-order chi connectivity index (χ1) is 17.6. The van der Waals surface area contributed by atoms with E-state index >= 15 is 0 Å². The molecule has 2 unspecified atom stereocenters. The van der Waals surface area contributed by atoms with Crippen LogP contribution >= 0.6 is 0 Å². The van der Waals surface area contributed by atoms with Crippen molar-refractivity contribution in [2.75, 3.05) is 53.9 Å². The van der Waals surface area contributed by atoms with Gasteiger partial charge in [-0.15, -0.1) is 0 Å². The molecule has 2 heterocycles. The average molecular weight is 531 g/mol. The van der Waals surface area contributed by atoms with E-state index in [0.29, 0.717) is 22.9 Å². The zero-order valence-corrected chi connectivity index (χ0v) is 23.7. The van der Waals surface area contributed by atoms with Gasteiger partial charge in [0.1, 0.15) is 5.75 Å². The topological polar surface area (TPSA) is 82.2 Å². The molecule has 1 fully saturated rings. The minimum absolute atomic E-state index is 0.0356. The van der Waals surface area contributed by atoms with E-state index in [1.54, 1.807) is 33.1 Å². The molecule has 1 saturated heterocycles. The quantitative estimate of drug-likeness (QED) is 0.557. The zero-order valence-electron chi connectivity index (χ0n) is 22.9. The first-order valence-electron chi connectivity index (χ1n) is 13.3. The number of hydrogen-bond acceptors (Lipinski definition) is 6. The number of likely N-dealkylation sites (N-methyl/N-ethyl adjacent to an activating group) is 1. The predicted molar refractivity (Wildman–Crippen MR) is 146 cm³/mol. The number of ether oxygens (including phenoxy) is 1. The number of nitrogens with zero attached hydrogens (tertiary/aromatic N) is 3. The lowest BCUT2D eigenvalue weighted by Crippen LogP contribution is -2.49. The Morgan fingerprint density at radius 3 is 2.62 bits per heavy atom. The van der Waals surface area contributed by atoms with E-state index in [0.717, 1.165) is 32.5 Å². The standard InChI is InChI=1S/C28H42N4O4S/c1-20-15-26(36-5)16-21(2)28(20)37(34,35)31(4)13-11-27(33)29-24-9-8-23-18-32(14-10-22(23)17-24)25-7-6-12-30(3)19-25/h8-9,15-16,24-25H,6-7,10-14,17-19H2,1-5H3,(H,29,33). The van der Waals surface area contributed by atoms with Gasteiger partial charge in [-0.1, -0.05) is 17.7 Å². The van der Waals surface area contributed by atoms with E-state index in [1.165, 1.54) is 41.9 Å². The van der Waals surface area contributed by atoms with Gasteiger partial charge in [-0.05, 0) is 82.0 Å². The summed E-state index contributed by atoms with van der Waals surface area (Å²) in [6.45, 7) is 8.07. The molecule has 4 rings (SSSR count). The molecule has 37 heavy (non-hydrogen) atoms. The van der Waals surface area contributed by atoms with Gasteiger partial charge in [0.25, 0.3) is 0 Å². The molecule has 8 nitrogen and oxygen atoms in total. The van der Waals surface area contributed by atoms with Crippen LogP contribution in [0.1, 0.15) is 43.2 Å². The summed E-state index contributed by atoms with van der Waals surface area (Å²) in [5.41, 5.74) is 4.11. The van der Waals surface area contributed by atoms with Gasteiger partial charge in [0.05, 0.1) is 18.0 Å². The maximum atomic E-state index is 13.2. The fourth-order valence-electron chi connectivity index (χ4n) is 5.92. The molecule has 1 aromatic rings. The van der Waals surface area contributed by atoms with Crippen LogP contribution in [0.2, 0.25) is 0 Å². The van der Waals surface area contributed by atoms with Gasteiger partial charge in [-0.2, -0.15) is 0 Å². The monoisotopic (exact) mass is 530 g/mol. The number of methoxy groups -OCH3 is 1. The number of benzene rings is 1. The normalized spacial score (nSPS) is 23.3. The van der Waals surface area contributed by atoms with Crippen LogP contribution in [0.4, 0.5) is 0 Å². The lowest BCUT2D eigenvalue weighted by molar-refractivity contribution is -0.121. The van der Waals surface area contributed by atoms with Gasteiger partial charge in [-0.25, -0.2) is 12.7 Å². The Balaban J connectivity index is 1.28. The number of piperidine rings is 1. The first-order valence-corrected chi connectivity index (χ1v) is 14.7. The third-order valence-corrected chi connectivity index (χ3v) is 10.1. The van der Waals surface area contributed by atoms with Crippen molar-refractivity contribution in [2.24, 2.45) is 0 Å². The molecule has 0 bridgehead atoms. The highest BCUT2D eigenvalue weighted by molar-refractivity contribution is 7.89. The second-order valence-corrected chi connectivity index (χ2v) is 12.8. The Kier molecular flexibility index (Phi) is 8.78. The van der Waals surface area contributed by atoms with E-state index in [-0.39, 0.29) is 29.8 Å². The molecule has 1 aromatic carbocycles. The fraction of sp³-hybridized carbons (Fsp3) is 0.607. The molecule has 3 aliphatic rings. The van der Waals surface area contributed by atoms with Gasteiger partial charge < -0.3 is 15.0 Å². The largest absolute Gasteiger partial charge is 0.497 e. The molecule has 1 N–H and O–H groups in total. The fourth-order valence-corrected chi connectivity index (χ4v) is 7.49. The minimum atomic E-state index is -3.72. The van der Waals surface area contributed by atoms with Crippen LogP contribution in [0.25, 0.3) is 0 Å². The maximum absolute atomic E-state index is 13.2. The van der Waals surface area contributed by atoms with E-state index in [4.69, 9.17) is 4.74 Å². The summed E-state index contributed by atoms with van der Waals surface area (Å²) >= 11 is 0. The first kappa shape index (κ1) is 27.8. The van der Waals surface area contributed by atoms with Crippen LogP contribution in [0.3, 0.4) is 0 Å². The number of amides is 1. The molecule has 0 radical (unpaired) electrons. The van der Waals surface area contributed by atoms with Gasteiger partial charge in [-0.3, -0.25) is 9.69 Å². The van der Waals surface area contributed by atoms with Crippen molar-refractivity contribution in [1.29, 1.82) is 0 Å². The van der Waals surface area contributed by atoms with Crippen molar-refractivity contribution in [3.05, 3.63) is 46.6 Å². The average Bonchev–Trinajstić information content (AvgIpc) is 2.86. The van der Waals surface area contributed by atoms with Crippen LogP contribution < -0.4 is 10.1 Å². The molecule has 0 saturated carbocycles. The third-order valence-electron chi connectivity index (χ3n) is 7.98. The van der Waals surface area contributed by atoms with Gasteiger partial charge in [0.15, 0.2) is 0 Å². The van der Waals surface area contributed by atoms with Crippen molar-refractivity contribution in [3.8, 4) is 5.75 Å². The Hall–Kier alpha value is -2.20. The summed E-state index contributed by atoms with van der Waals surface area (Å²) in [6, 6.07) is 4.04. The lowest BCUT2D eigenvalue weighted by atomic mass is 9.88. The molecule has 0 spiro atoms. The highest BCUT2D eigenvalue weighted by atomic mass is 32.2. The summed E-state index contributed by atoms with van der Waals surface area (Å²) in [5.74, 6) is 0.494. The molecule has 2 atom stereocenters. The molecular weight excluding hydrogens is 488 g/mol. The number of sulfonamides is 1. The second kappa shape index (κ2) is 11.7. The van der Waals surface area contributed by atoms with E-state index in [1.807, 2.05) is 0 Å². The summed E-state index contributed by atoms with van der Waals surface area (Å²) < 4.78 is 33.0. The van der Waals surface area contributed by atoms with Crippen LogP contribution in [-0.2, 0) is 14.8 Å². The number of hydrogen-bond donors (Lipinski definition) is 1. The van der Waals surface area contributed by atoms with Gasteiger partial charge in [0, 0.05) is 45.7 Å². The molecule has 9 heteroatoms. The summed E-state index contributed by atoms with van der Waals surface area (Å²) in [6.07, 6.45) is 8.83. The van der Waals surface area contributed by atoms with Gasteiger partial charge >= 0.3 is 0 Å². The molecule has 1 aliphatic carbocycles. The van der Waals surface area contributed by atoms with Crippen LogP contribution in [0.5, 0.6) is 5.75 Å². The third kappa shape index (κ3) is 6.45. The Morgan fingerprint density at radius 2 is 1.95 bits per heavy atom. The Labute approximate surface area is 222 Å². The number of aryl methyl sites for hydroxylation is 2. The van der Waals surface area contributed by atoms with Crippen LogP contribution in [0.15, 0.2) is 40.3 Å². The van der Waals surface area contributed by atoms with Crippen molar-refractivity contribution in [3.63, 3.8) is 0 Å². The van der Waals surface area contributed by atoms with Crippen molar-refractivity contribution in [1.82, 2.24) is 19.4 Å². The summed E-state index contributed by atoms with van der Waals surface area (Å²) in [4.78, 5) is 18.1. The van der Waals surface area contributed by atoms with Gasteiger partial charge in [0.2, 0.25) is 15.9 Å². The molecular formula is C28H42N4O4S. The van der Waals surface area contributed by atoms with Crippen molar-refractivity contribution >= 4 is 15.9 Å². The minimum Gasteiger partial charge on any atom is -0.497 e. The molecule has 204 valence electrons. The van der Waals surface area contributed by atoms with E-state index in [2.05, 4.69) is 34.3 Å². The number of likely N-dealkylation sites (tertiary alicyclic amines) is 1. The van der Waals surface area contributed by atoms with Crippen molar-refractivity contribution < 1.29 is 17.9 Å². The Bertz CT molecular complexity index is 1150. The smallest absolute Gasteiger partial charge is 0.243 e. The Morgan fingerprint density at radius 1 is 1.22 bits per heavy atom. The number of carbonyl (C=O) groups excluding carboxylic acids is 1. The molecule has 0 aromatic heterocycles. The number of rotatable bonds is 8. The van der Waals surface area contributed by atoms with E-state index < -0.39 is 10.0 Å². The maximum Gasteiger partial charge on any atom is 0.243 e. The highest BCUT2D eigenvalue weighted by Crippen LogP contribution is 2.30.